The molecule has 0 aromatic rings. The molecule has 56 valence electrons. The summed E-state index contributed by atoms with van der Waals surface area (Å²) in [5.41, 5.74) is 0.501. The van der Waals surface area contributed by atoms with Gasteiger partial charge in [0.15, 0.2) is 6.29 Å². The van der Waals surface area contributed by atoms with Crippen LogP contribution in [0.3, 0.4) is 0 Å². The van der Waals surface area contributed by atoms with Crippen molar-refractivity contribution in [3.05, 3.63) is 0 Å². The Kier molecular flexibility index (Phi) is 0.868. The molecule has 3 saturated carbocycles. The maximum atomic E-state index is 5.48. The molecule has 10 heavy (non-hydrogen) atoms. The molecule has 0 radical (unpaired) electrons. The minimum atomic E-state index is 0.178. The summed E-state index contributed by atoms with van der Waals surface area (Å²) in [6, 6.07) is 0. The van der Waals surface area contributed by atoms with Gasteiger partial charge in [-0.25, -0.2) is 0 Å². The van der Waals surface area contributed by atoms with Crippen molar-refractivity contribution >= 4 is 0 Å². The predicted molar refractivity (Wildman–Crippen MR) is 35.5 cm³/mol. The largest absolute Gasteiger partial charge is 0.350 e. The molecular weight excluding hydrogens is 128 g/mol. The van der Waals surface area contributed by atoms with Gasteiger partial charge in [-0.05, 0) is 25.2 Å². The summed E-state index contributed by atoms with van der Waals surface area (Å²) in [4.78, 5) is 0. The van der Waals surface area contributed by atoms with Gasteiger partial charge in [-0.3, -0.25) is 0 Å². The Hall–Kier alpha value is -0.0800. The summed E-state index contributed by atoms with van der Waals surface area (Å²) >= 11 is 0. The van der Waals surface area contributed by atoms with Crippen molar-refractivity contribution in [1.29, 1.82) is 0 Å². The third-order valence-electron chi connectivity index (χ3n) is 3.21. The van der Waals surface area contributed by atoms with Crippen molar-refractivity contribution in [2.24, 2.45) is 11.3 Å². The fourth-order valence-electron chi connectivity index (χ4n) is 2.55. The quantitative estimate of drug-likeness (QED) is 0.544. The summed E-state index contributed by atoms with van der Waals surface area (Å²) in [5, 5.41) is 0. The van der Waals surface area contributed by atoms with Gasteiger partial charge in [-0.1, -0.05) is 0 Å². The molecule has 3 aliphatic carbocycles. The predicted octanol–water partition coefficient (Wildman–Crippen LogP) is 1.16. The highest BCUT2D eigenvalue weighted by molar-refractivity contribution is 5.09. The Morgan fingerprint density at radius 2 is 1.60 bits per heavy atom. The molecule has 4 aliphatic rings. The van der Waals surface area contributed by atoms with Crippen molar-refractivity contribution in [3.8, 4) is 0 Å². The maximum absolute atomic E-state index is 5.48. The Morgan fingerprint density at radius 1 is 1.00 bits per heavy atom. The van der Waals surface area contributed by atoms with Crippen LogP contribution in [0.5, 0.6) is 0 Å². The molecule has 0 amide bonds. The van der Waals surface area contributed by atoms with Crippen molar-refractivity contribution in [2.75, 3.05) is 13.2 Å². The lowest BCUT2D eigenvalue weighted by Gasteiger charge is -2.63. The molecule has 4 fully saturated rings. The van der Waals surface area contributed by atoms with E-state index < -0.39 is 0 Å². The van der Waals surface area contributed by atoms with E-state index in [0.717, 1.165) is 19.1 Å². The van der Waals surface area contributed by atoms with Crippen LogP contribution in [0.25, 0.3) is 0 Å². The lowest BCUT2D eigenvalue weighted by Crippen LogP contribution is -2.58. The number of hydrogen-bond acceptors (Lipinski definition) is 2. The summed E-state index contributed by atoms with van der Waals surface area (Å²) in [6.45, 7) is 1.63. The molecular formula is C8H12O2. The smallest absolute Gasteiger partial charge is 0.163 e. The lowest BCUT2D eigenvalue weighted by atomic mass is 9.44. The molecule has 0 atom stereocenters. The standard InChI is InChI=1S/C8H12O2/c1-2-10-7(9-1)8-3-6(4-8)5-8/h6-7H,1-5H2. The highest BCUT2D eigenvalue weighted by Crippen LogP contribution is 2.67. The zero-order chi connectivity index (χ0) is 6.60. The van der Waals surface area contributed by atoms with Crippen LogP contribution in [0, 0.1) is 11.3 Å². The Morgan fingerprint density at radius 3 is 2.00 bits per heavy atom. The van der Waals surface area contributed by atoms with Gasteiger partial charge in [-0.15, -0.1) is 0 Å². The molecule has 2 heteroatoms. The van der Waals surface area contributed by atoms with Gasteiger partial charge in [0.1, 0.15) is 0 Å². The fourth-order valence-corrected chi connectivity index (χ4v) is 2.55. The van der Waals surface area contributed by atoms with Crippen molar-refractivity contribution in [2.45, 2.75) is 25.6 Å². The first-order valence-electron chi connectivity index (χ1n) is 4.12. The molecule has 0 aromatic carbocycles. The normalized spacial score (nSPS) is 52.2. The third-order valence-corrected chi connectivity index (χ3v) is 3.21. The molecule has 1 heterocycles. The van der Waals surface area contributed by atoms with Gasteiger partial charge >= 0.3 is 0 Å². The second kappa shape index (κ2) is 1.56. The lowest BCUT2D eigenvalue weighted by molar-refractivity contribution is -0.255. The summed E-state index contributed by atoms with van der Waals surface area (Å²) in [5.74, 6) is 1.03. The van der Waals surface area contributed by atoms with Gasteiger partial charge in [0.2, 0.25) is 0 Å². The second-order valence-corrected chi connectivity index (χ2v) is 3.91. The summed E-state index contributed by atoms with van der Waals surface area (Å²) < 4.78 is 11.0. The zero-order valence-electron chi connectivity index (χ0n) is 6.01. The van der Waals surface area contributed by atoms with E-state index in [1.807, 2.05) is 0 Å². The van der Waals surface area contributed by atoms with E-state index in [1.165, 1.54) is 19.3 Å². The Labute approximate surface area is 60.5 Å². The molecule has 0 aromatic heterocycles. The van der Waals surface area contributed by atoms with Crippen LogP contribution in [0.1, 0.15) is 19.3 Å². The van der Waals surface area contributed by atoms with Crippen LogP contribution < -0.4 is 0 Å². The number of ether oxygens (including phenoxy) is 2. The van der Waals surface area contributed by atoms with Gasteiger partial charge < -0.3 is 9.47 Å². The average Bonchev–Trinajstić information content (AvgIpc) is 2.06. The molecule has 0 spiro atoms. The SMILES string of the molecule is C1COC(C23CC(C2)C3)O1. The van der Waals surface area contributed by atoms with Crippen LogP contribution in [-0.2, 0) is 9.47 Å². The van der Waals surface area contributed by atoms with E-state index in [9.17, 15) is 0 Å². The van der Waals surface area contributed by atoms with Crippen molar-refractivity contribution in [1.82, 2.24) is 0 Å². The maximum Gasteiger partial charge on any atom is 0.163 e. The topological polar surface area (TPSA) is 18.5 Å². The van der Waals surface area contributed by atoms with E-state index in [1.54, 1.807) is 0 Å². The molecule has 0 N–H and O–H groups in total. The molecule has 2 nitrogen and oxygen atoms in total. The second-order valence-electron chi connectivity index (χ2n) is 3.91. The Balaban J connectivity index is 1.74. The molecule has 1 saturated heterocycles. The van der Waals surface area contributed by atoms with E-state index in [-0.39, 0.29) is 6.29 Å². The number of hydrogen-bond donors (Lipinski definition) is 0. The van der Waals surface area contributed by atoms with E-state index in [2.05, 4.69) is 0 Å². The summed E-state index contributed by atoms with van der Waals surface area (Å²) in [6.07, 6.45) is 4.30. The zero-order valence-corrected chi connectivity index (χ0v) is 6.01. The van der Waals surface area contributed by atoms with Gasteiger partial charge in [0, 0.05) is 5.41 Å². The van der Waals surface area contributed by atoms with Crippen LogP contribution in [-0.4, -0.2) is 19.5 Å². The van der Waals surface area contributed by atoms with Crippen LogP contribution >= 0.6 is 0 Å². The van der Waals surface area contributed by atoms with Crippen molar-refractivity contribution in [3.63, 3.8) is 0 Å². The van der Waals surface area contributed by atoms with E-state index in [4.69, 9.17) is 9.47 Å². The van der Waals surface area contributed by atoms with Gasteiger partial charge in [0.25, 0.3) is 0 Å². The minimum absolute atomic E-state index is 0.178. The molecule has 4 rings (SSSR count). The van der Waals surface area contributed by atoms with Crippen molar-refractivity contribution < 1.29 is 9.47 Å². The highest BCUT2D eigenvalue weighted by atomic mass is 16.7. The molecule has 1 aliphatic heterocycles. The van der Waals surface area contributed by atoms with E-state index >= 15 is 0 Å². The highest BCUT2D eigenvalue weighted by Gasteiger charge is 2.62. The first-order valence-corrected chi connectivity index (χ1v) is 4.12. The first-order chi connectivity index (χ1) is 4.89. The fraction of sp³-hybridized carbons (Fsp3) is 1.00. The number of rotatable bonds is 1. The van der Waals surface area contributed by atoms with Crippen LogP contribution in [0.15, 0.2) is 0 Å². The van der Waals surface area contributed by atoms with E-state index in [0.29, 0.717) is 5.41 Å². The monoisotopic (exact) mass is 140 g/mol. The average molecular weight is 140 g/mol. The summed E-state index contributed by atoms with van der Waals surface area (Å²) in [7, 11) is 0. The molecule has 0 unspecified atom stereocenters. The minimum Gasteiger partial charge on any atom is -0.350 e. The first kappa shape index (κ1) is 5.56. The van der Waals surface area contributed by atoms with Crippen LogP contribution in [0.4, 0.5) is 0 Å². The third kappa shape index (κ3) is 0.487. The van der Waals surface area contributed by atoms with Gasteiger partial charge in [0.05, 0.1) is 13.2 Å². The Bertz CT molecular complexity index is 144. The van der Waals surface area contributed by atoms with Crippen LogP contribution in [0.2, 0.25) is 0 Å². The van der Waals surface area contributed by atoms with Gasteiger partial charge in [-0.2, -0.15) is 0 Å². The molecule has 2 bridgehead atoms.